The first-order valence-corrected chi connectivity index (χ1v) is 3.14. The van der Waals surface area contributed by atoms with E-state index in [2.05, 4.69) is 7.05 Å². The first kappa shape index (κ1) is 6.05. The molecule has 1 saturated heterocycles. The van der Waals surface area contributed by atoms with Crippen molar-refractivity contribution in [3.63, 3.8) is 0 Å². The Balaban J connectivity index is 2.23. The second kappa shape index (κ2) is 2.46. The number of aliphatic hydroxyl groups excluding tert-OH is 1. The van der Waals surface area contributed by atoms with Gasteiger partial charge in [-0.1, -0.05) is 0 Å². The number of piperidine rings is 1. The Labute approximate surface area is 50.1 Å². The van der Waals surface area contributed by atoms with E-state index in [4.69, 9.17) is 5.11 Å². The van der Waals surface area contributed by atoms with Crippen LogP contribution in [0.5, 0.6) is 0 Å². The average molecular weight is 115 g/mol. The van der Waals surface area contributed by atoms with E-state index < -0.39 is 0 Å². The fourth-order valence-electron chi connectivity index (χ4n) is 1.13. The molecule has 0 saturated carbocycles. The van der Waals surface area contributed by atoms with Gasteiger partial charge in [0.1, 0.15) is 6.10 Å². The molecule has 1 aliphatic rings. The van der Waals surface area contributed by atoms with Gasteiger partial charge in [0.25, 0.3) is 0 Å². The van der Waals surface area contributed by atoms with Crippen molar-refractivity contribution in [1.82, 2.24) is 0 Å². The van der Waals surface area contributed by atoms with Gasteiger partial charge in [-0.25, -0.2) is 0 Å². The van der Waals surface area contributed by atoms with Crippen LogP contribution in [0.4, 0.5) is 0 Å². The summed E-state index contributed by atoms with van der Waals surface area (Å²) in [6, 6.07) is 0. The summed E-state index contributed by atoms with van der Waals surface area (Å²) in [5, 5.41) is 9.02. The van der Waals surface area contributed by atoms with Crippen molar-refractivity contribution in [2.45, 2.75) is 18.9 Å². The molecule has 48 valence electrons. The lowest BCUT2D eigenvalue weighted by Crippen LogP contribution is -3.09. The molecule has 1 heterocycles. The van der Waals surface area contributed by atoms with Crippen LogP contribution >= 0.6 is 0 Å². The molecule has 1 rings (SSSR count). The Morgan fingerprint density at radius 2 is 2.38 bits per heavy atom. The molecule has 1 fully saturated rings. The molecule has 2 nitrogen and oxygen atoms in total. The third kappa shape index (κ3) is 1.46. The van der Waals surface area contributed by atoms with Gasteiger partial charge in [0.2, 0.25) is 0 Å². The van der Waals surface area contributed by atoms with Crippen molar-refractivity contribution in [2.75, 3.05) is 13.1 Å². The topological polar surface area (TPSA) is 24.7 Å². The molecule has 2 heteroatoms. The zero-order chi connectivity index (χ0) is 5.98. The lowest BCUT2D eigenvalue weighted by Gasteiger charge is -2.28. The van der Waals surface area contributed by atoms with E-state index in [1.54, 1.807) is 0 Å². The minimum absolute atomic E-state index is 0.0868. The zero-order valence-electron chi connectivity index (χ0n) is 5.06. The predicted octanol–water partition coefficient (Wildman–Crippen LogP) is -1.18. The van der Waals surface area contributed by atoms with Crippen LogP contribution in [0.15, 0.2) is 0 Å². The standard InChI is InChI=1S/C6H13NO/c1-7-4-2-3-6(8)5-7/h6-8H,1-5H2/t6-/m1/s1. The molecular formula is C6H13NO. The second-order valence-corrected chi connectivity index (χ2v) is 2.50. The Bertz CT molecular complexity index is 66.9. The molecule has 1 unspecified atom stereocenters. The minimum atomic E-state index is -0.0868. The predicted molar refractivity (Wildman–Crippen MR) is 31.3 cm³/mol. The van der Waals surface area contributed by atoms with E-state index in [1.165, 1.54) is 4.90 Å². The summed E-state index contributed by atoms with van der Waals surface area (Å²) in [7, 11) is 3.80. The van der Waals surface area contributed by atoms with Gasteiger partial charge in [-0.05, 0) is 12.8 Å². The highest BCUT2D eigenvalue weighted by Gasteiger charge is 2.13. The van der Waals surface area contributed by atoms with E-state index in [0.717, 1.165) is 25.9 Å². The summed E-state index contributed by atoms with van der Waals surface area (Å²) in [6.07, 6.45) is 2.01. The molecule has 0 radical (unpaired) electrons. The van der Waals surface area contributed by atoms with Gasteiger partial charge < -0.3 is 10.0 Å². The molecule has 0 aromatic rings. The Hall–Kier alpha value is -0.0800. The summed E-state index contributed by atoms with van der Waals surface area (Å²) in [4.78, 5) is 1.21. The zero-order valence-corrected chi connectivity index (χ0v) is 5.06. The highest BCUT2D eigenvalue weighted by Crippen LogP contribution is 1.95. The van der Waals surface area contributed by atoms with Gasteiger partial charge in [-0.3, -0.25) is 0 Å². The van der Waals surface area contributed by atoms with Crippen LogP contribution in [-0.4, -0.2) is 24.3 Å². The van der Waals surface area contributed by atoms with Gasteiger partial charge in [0.05, 0.1) is 13.1 Å². The molecule has 0 aliphatic carbocycles. The molecule has 1 aliphatic heterocycles. The quantitative estimate of drug-likeness (QED) is 0.382. The smallest absolute Gasteiger partial charge is 0.101 e. The van der Waals surface area contributed by atoms with Crippen LogP contribution in [0, 0.1) is 7.05 Å². The third-order valence-electron chi connectivity index (χ3n) is 1.59. The minimum Gasteiger partial charge on any atom is -0.466 e. The SMILES string of the molecule is [CH2-][NH+]1CCC[C@@H](O)C1. The number of hydrogen-bond donors (Lipinski definition) is 2. The van der Waals surface area contributed by atoms with E-state index in [1.807, 2.05) is 0 Å². The maximum absolute atomic E-state index is 9.02. The van der Waals surface area contributed by atoms with Crippen molar-refractivity contribution in [3.8, 4) is 0 Å². The lowest BCUT2D eigenvalue weighted by molar-refractivity contribution is -0.863. The largest absolute Gasteiger partial charge is 0.466 e. The Morgan fingerprint density at radius 3 is 2.75 bits per heavy atom. The van der Waals surface area contributed by atoms with Crippen LogP contribution in [0.25, 0.3) is 0 Å². The summed E-state index contributed by atoms with van der Waals surface area (Å²) >= 11 is 0. The lowest BCUT2D eigenvalue weighted by atomic mass is 10.1. The molecule has 2 N–H and O–H groups in total. The van der Waals surface area contributed by atoms with Crippen molar-refractivity contribution >= 4 is 0 Å². The number of quaternary nitrogens is 1. The Morgan fingerprint density at radius 1 is 1.62 bits per heavy atom. The Kier molecular flexibility index (Phi) is 1.86. The normalized spacial score (nSPS) is 39.8. The average Bonchev–Trinajstić information content (AvgIpc) is 1.64. The summed E-state index contributed by atoms with van der Waals surface area (Å²) < 4.78 is 0. The van der Waals surface area contributed by atoms with Crippen molar-refractivity contribution in [2.24, 2.45) is 0 Å². The molecule has 0 amide bonds. The van der Waals surface area contributed by atoms with E-state index in [0.29, 0.717) is 0 Å². The summed E-state index contributed by atoms with van der Waals surface area (Å²) in [5.41, 5.74) is 0. The first-order chi connectivity index (χ1) is 3.79. The van der Waals surface area contributed by atoms with Crippen LogP contribution < -0.4 is 4.90 Å². The third-order valence-corrected chi connectivity index (χ3v) is 1.59. The summed E-state index contributed by atoms with van der Waals surface area (Å²) in [6.45, 7) is 1.96. The highest BCUT2D eigenvalue weighted by molar-refractivity contribution is 4.56. The number of rotatable bonds is 0. The van der Waals surface area contributed by atoms with Crippen LogP contribution in [0.1, 0.15) is 12.8 Å². The molecule has 0 bridgehead atoms. The molecule has 0 aromatic heterocycles. The van der Waals surface area contributed by atoms with E-state index in [-0.39, 0.29) is 6.10 Å². The van der Waals surface area contributed by atoms with Gasteiger partial charge in [-0.15, -0.1) is 0 Å². The monoisotopic (exact) mass is 115 g/mol. The van der Waals surface area contributed by atoms with Crippen molar-refractivity contribution < 1.29 is 10.0 Å². The van der Waals surface area contributed by atoms with Crippen molar-refractivity contribution in [3.05, 3.63) is 7.05 Å². The van der Waals surface area contributed by atoms with Gasteiger partial charge in [-0.2, -0.15) is 7.05 Å². The van der Waals surface area contributed by atoms with Gasteiger partial charge in [0.15, 0.2) is 0 Å². The maximum Gasteiger partial charge on any atom is 0.101 e. The maximum atomic E-state index is 9.02. The van der Waals surface area contributed by atoms with E-state index >= 15 is 0 Å². The van der Waals surface area contributed by atoms with Crippen molar-refractivity contribution in [1.29, 1.82) is 0 Å². The fraction of sp³-hybridized carbons (Fsp3) is 0.833. The van der Waals surface area contributed by atoms with Crippen LogP contribution in [0.2, 0.25) is 0 Å². The molecule has 8 heavy (non-hydrogen) atoms. The van der Waals surface area contributed by atoms with Gasteiger partial charge in [0, 0.05) is 0 Å². The van der Waals surface area contributed by atoms with E-state index in [9.17, 15) is 0 Å². The molecule has 0 aromatic carbocycles. The summed E-state index contributed by atoms with van der Waals surface area (Å²) in [5.74, 6) is 0. The highest BCUT2D eigenvalue weighted by atomic mass is 16.3. The number of aliphatic hydroxyl groups is 1. The number of hydrogen-bond acceptors (Lipinski definition) is 1. The van der Waals surface area contributed by atoms with Gasteiger partial charge >= 0.3 is 0 Å². The second-order valence-electron chi connectivity index (χ2n) is 2.50. The number of likely N-dealkylation sites (tertiary alicyclic amines) is 1. The van der Waals surface area contributed by atoms with Crippen LogP contribution in [-0.2, 0) is 0 Å². The fourth-order valence-corrected chi connectivity index (χ4v) is 1.13. The number of nitrogens with one attached hydrogen (secondary N) is 1. The molecular weight excluding hydrogens is 102 g/mol. The first-order valence-electron chi connectivity index (χ1n) is 3.14. The molecule has 2 atom stereocenters. The van der Waals surface area contributed by atoms with Crippen LogP contribution in [0.3, 0.4) is 0 Å². The molecule has 0 spiro atoms.